The van der Waals surface area contributed by atoms with E-state index >= 15 is 0 Å². The second-order valence-corrected chi connectivity index (χ2v) is 11.1. The lowest BCUT2D eigenvalue weighted by Gasteiger charge is -2.50. The third-order valence-electron chi connectivity index (χ3n) is 9.23. The maximum Gasteiger partial charge on any atom is 0.125 e. The Balaban J connectivity index is 1.51. The molecule has 1 heterocycles. The van der Waals surface area contributed by atoms with Gasteiger partial charge in [-0.15, -0.1) is 0 Å². The molecule has 5 aromatic carbocycles. The largest absolute Gasteiger partial charge is 0.334 e. The standard InChI is InChI=1S/C34H30FN/c1-33-18-7-8-19-34(33,2)36(27-13-9-12-26(35)22-27)31-17-16-25(21-30(31)33)32-28-14-5-3-10-23(28)20-24-11-4-6-15-29(24)32/h3-6,9-17,20-22H,7-8,18-19H2,1-2H3. The average molecular weight is 472 g/mol. The van der Waals surface area contributed by atoms with Crippen molar-refractivity contribution < 1.29 is 4.39 Å². The molecule has 0 saturated heterocycles. The molecule has 7 rings (SSSR count). The Morgan fingerprint density at radius 1 is 0.694 bits per heavy atom. The van der Waals surface area contributed by atoms with Gasteiger partial charge in [0, 0.05) is 16.8 Å². The van der Waals surface area contributed by atoms with E-state index < -0.39 is 0 Å². The number of rotatable bonds is 2. The third kappa shape index (κ3) is 2.88. The van der Waals surface area contributed by atoms with Crippen LogP contribution < -0.4 is 4.90 Å². The predicted octanol–water partition coefficient (Wildman–Crippen LogP) is 9.54. The van der Waals surface area contributed by atoms with E-state index in [2.05, 4.69) is 97.6 Å². The highest BCUT2D eigenvalue weighted by Crippen LogP contribution is 2.61. The smallest absolute Gasteiger partial charge is 0.125 e. The van der Waals surface area contributed by atoms with Gasteiger partial charge in [-0.3, -0.25) is 0 Å². The fraction of sp³-hybridized carbons (Fsp3) is 0.235. The van der Waals surface area contributed by atoms with Gasteiger partial charge in [0.05, 0.1) is 5.54 Å². The summed E-state index contributed by atoms with van der Waals surface area (Å²) in [6, 6.07) is 33.9. The normalized spacial score (nSPS) is 23.1. The number of benzene rings is 5. The van der Waals surface area contributed by atoms with Gasteiger partial charge in [-0.1, -0.05) is 80.4 Å². The van der Waals surface area contributed by atoms with Gasteiger partial charge in [-0.2, -0.15) is 0 Å². The lowest BCUT2D eigenvalue weighted by molar-refractivity contribution is 0.195. The summed E-state index contributed by atoms with van der Waals surface area (Å²) < 4.78 is 14.4. The number of nitrogens with zero attached hydrogens (tertiary/aromatic N) is 1. The Labute approximate surface area is 212 Å². The molecule has 0 amide bonds. The fourth-order valence-electron chi connectivity index (χ4n) is 7.23. The van der Waals surface area contributed by atoms with Gasteiger partial charge >= 0.3 is 0 Å². The van der Waals surface area contributed by atoms with E-state index in [-0.39, 0.29) is 16.8 Å². The Morgan fingerprint density at radius 2 is 1.39 bits per heavy atom. The molecule has 0 bridgehead atoms. The summed E-state index contributed by atoms with van der Waals surface area (Å²) in [6.45, 7) is 4.83. The van der Waals surface area contributed by atoms with Gasteiger partial charge in [-0.25, -0.2) is 4.39 Å². The molecule has 0 N–H and O–H groups in total. The number of anilines is 2. The second kappa shape index (κ2) is 7.67. The number of halogens is 1. The molecule has 178 valence electrons. The van der Waals surface area contributed by atoms with Gasteiger partial charge < -0.3 is 4.90 Å². The molecule has 2 aliphatic rings. The minimum absolute atomic E-state index is 0.0106. The Morgan fingerprint density at radius 3 is 2.11 bits per heavy atom. The van der Waals surface area contributed by atoms with E-state index in [1.165, 1.54) is 62.8 Å². The van der Waals surface area contributed by atoms with Crippen LogP contribution in [0.15, 0.2) is 97.1 Å². The van der Waals surface area contributed by atoms with Crippen LogP contribution in [-0.2, 0) is 5.41 Å². The molecule has 1 aliphatic heterocycles. The molecule has 2 atom stereocenters. The van der Waals surface area contributed by atoms with Crippen molar-refractivity contribution in [2.45, 2.75) is 50.5 Å². The first-order valence-electron chi connectivity index (χ1n) is 13.1. The lowest BCUT2D eigenvalue weighted by Crippen LogP contribution is -2.54. The molecule has 0 spiro atoms. The molecular formula is C34H30FN. The van der Waals surface area contributed by atoms with Crippen LogP contribution in [0.25, 0.3) is 32.7 Å². The molecule has 1 aliphatic carbocycles. The highest BCUT2D eigenvalue weighted by Gasteiger charge is 2.57. The lowest BCUT2D eigenvalue weighted by atomic mass is 9.61. The van der Waals surface area contributed by atoms with Crippen LogP contribution in [0.1, 0.15) is 45.1 Å². The summed E-state index contributed by atoms with van der Waals surface area (Å²) in [6.07, 6.45) is 4.67. The summed E-state index contributed by atoms with van der Waals surface area (Å²) in [5.74, 6) is -0.180. The zero-order chi connectivity index (χ0) is 24.5. The summed E-state index contributed by atoms with van der Waals surface area (Å²) in [5.41, 5.74) is 6.02. The monoisotopic (exact) mass is 471 g/mol. The van der Waals surface area contributed by atoms with E-state index in [0.29, 0.717) is 0 Å². The van der Waals surface area contributed by atoms with Gasteiger partial charge in [-0.05, 0) is 94.4 Å². The molecule has 2 unspecified atom stereocenters. The first-order chi connectivity index (χ1) is 17.5. The predicted molar refractivity (Wildman–Crippen MR) is 150 cm³/mol. The van der Waals surface area contributed by atoms with Crippen LogP contribution in [0.3, 0.4) is 0 Å². The van der Waals surface area contributed by atoms with E-state index in [9.17, 15) is 4.39 Å². The van der Waals surface area contributed by atoms with Crippen molar-refractivity contribution in [3.8, 4) is 11.1 Å². The zero-order valence-electron chi connectivity index (χ0n) is 20.9. The SMILES string of the molecule is CC12CCCCC1(C)N(c1cccc(F)c1)c1ccc(-c3c4ccccc4cc4ccccc34)cc12. The Bertz CT molecular complexity index is 1600. The van der Waals surface area contributed by atoms with Crippen LogP contribution in [0.2, 0.25) is 0 Å². The van der Waals surface area contributed by atoms with Crippen molar-refractivity contribution in [3.05, 3.63) is 108 Å². The van der Waals surface area contributed by atoms with Crippen molar-refractivity contribution in [1.82, 2.24) is 0 Å². The first kappa shape index (κ1) is 21.6. The fourth-order valence-corrected chi connectivity index (χ4v) is 7.23. The maximum absolute atomic E-state index is 14.4. The molecule has 1 saturated carbocycles. The number of fused-ring (bicyclic) bond motifs is 5. The Hall–Kier alpha value is -3.65. The van der Waals surface area contributed by atoms with Crippen molar-refractivity contribution in [1.29, 1.82) is 0 Å². The highest BCUT2D eigenvalue weighted by atomic mass is 19.1. The molecule has 1 nitrogen and oxygen atoms in total. The van der Waals surface area contributed by atoms with Crippen molar-refractivity contribution in [3.63, 3.8) is 0 Å². The minimum atomic E-state index is -0.180. The summed E-state index contributed by atoms with van der Waals surface area (Å²) in [7, 11) is 0. The van der Waals surface area contributed by atoms with Crippen LogP contribution in [0.4, 0.5) is 15.8 Å². The van der Waals surface area contributed by atoms with Gasteiger partial charge in [0.1, 0.15) is 5.82 Å². The quantitative estimate of drug-likeness (QED) is 0.232. The second-order valence-electron chi connectivity index (χ2n) is 11.1. The van der Waals surface area contributed by atoms with Crippen LogP contribution in [0, 0.1) is 5.82 Å². The number of hydrogen-bond acceptors (Lipinski definition) is 1. The molecule has 1 fully saturated rings. The highest BCUT2D eigenvalue weighted by molar-refractivity contribution is 6.12. The Kier molecular flexibility index (Phi) is 4.61. The van der Waals surface area contributed by atoms with E-state index in [4.69, 9.17) is 0 Å². The summed E-state index contributed by atoms with van der Waals surface area (Å²) >= 11 is 0. The van der Waals surface area contributed by atoms with E-state index in [0.717, 1.165) is 18.5 Å². The molecular weight excluding hydrogens is 441 g/mol. The van der Waals surface area contributed by atoms with Crippen LogP contribution in [-0.4, -0.2) is 5.54 Å². The van der Waals surface area contributed by atoms with Crippen molar-refractivity contribution >= 4 is 32.9 Å². The first-order valence-corrected chi connectivity index (χ1v) is 13.1. The van der Waals surface area contributed by atoms with Gasteiger partial charge in [0.15, 0.2) is 0 Å². The number of hydrogen-bond donors (Lipinski definition) is 0. The molecule has 5 aromatic rings. The van der Waals surface area contributed by atoms with Crippen molar-refractivity contribution in [2.75, 3.05) is 4.90 Å². The minimum Gasteiger partial charge on any atom is -0.334 e. The third-order valence-corrected chi connectivity index (χ3v) is 9.23. The van der Waals surface area contributed by atoms with Crippen LogP contribution in [0.5, 0.6) is 0 Å². The zero-order valence-corrected chi connectivity index (χ0v) is 20.9. The van der Waals surface area contributed by atoms with E-state index in [1.807, 2.05) is 6.07 Å². The van der Waals surface area contributed by atoms with Crippen LogP contribution >= 0.6 is 0 Å². The van der Waals surface area contributed by atoms with Crippen molar-refractivity contribution in [2.24, 2.45) is 0 Å². The average Bonchev–Trinajstić information content (AvgIpc) is 3.10. The maximum atomic E-state index is 14.4. The molecule has 0 radical (unpaired) electrons. The van der Waals surface area contributed by atoms with Gasteiger partial charge in [0.2, 0.25) is 0 Å². The summed E-state index contributed by atoms with van der Waals surface area (Å²) in [4.78, 5) is 2.44. The molecule has 36 heavy (non-hydrogen) atoms. The molecule has 0 aromatic heterocycles. The van der Waals surface area contributed by atoms with E-state index in [1.54, 1.807) is 6.07 Å². The van der Waals surface area contributed by atoms with Gasteiger partial charge in [0.25, 0.3) is 0 Å². The molecule has 2 heteroatoms. The summed E-state index contributed by atoms with van der Waals surface area (Å²) in [5, 5.41) is 5.10. The topological polar surface area (TPSA) is 3.24 Å².